The van der Waals surface area contributed by atoms with Crippen molar-refractivity contribution in [3.8, 4) is 0 Å². The average Bonchev–Trinajstić information content (AvgIpc) is 2.54. The SMILES string of the molecule is COC(=O)CCC(=O)Nc1cc(C)nn1C. The molecule has 88 valence electrons. The molecule has 0 aliphatic heterocycles. The lowest BCUT2D eigenvalue weighted by atomic mass is 10.3. The first-order valence-corrected chi connectivity index (χ1v) is 4.90. The molecule has 0 bridgehead atoms. The van der Waals surface area contributed by atoms with E-state index in [0.29, 0.717) is 5.82 Å². The van der Waals surface area contributed by atoms with Crippen LogP contribution in [0.1, 0.15) is 18.5 Å². The van der Waals surface area contributed by atoms with Crippen LogP contribution in [-0.2, 0) is 21.4 Å². The predicted molar refractivity (Wildman–Crippen MR) is 57.8 cm³/mol. The minimum atomic E-state index is -0.392. The van der Waals surface area contributed by atoms with Crippen molar-refractivity contribution in [3.63, 3.8) is 0 Å². The van der Waals surface area contributed by atoms with E-state index in [2.05, 4.69) is 15.2 Å². The fourth-order valence-corrected chi connectivity index (χ4v) is 1.25. The van der Waals surface area contributed by atoms with E-state index < -0.39 is 5.97 Å². The largest absolute Gasteiger partial charge is 0.469 e. The molecule has 0 atom stereocenters. The van der Waals surface area contributed by atoms with Crippen LogP contribution in [0.15, 0.2) is 6.07 Å². The fraction of sp³-hybridized carbons (Fsp3) is 0.500. The smallest absolute Gasteiger partial charge is 0.306 e. The lowest BCUT2D eigenvalue weighted by molar-refractivity contribution is -0.141. The number of esters is 1. The van der Waals surface area contributed by atoms with E-state index in [1.54, 1.807) is 17.8 Å². The molecule has 6 heteroatoms. The molecular weight excluding hydrogens is 210 g/mol. The van der Waals surface area contributed by atoms with Crippen LogP contribution in [0.2, 0.25) is 0 Å². The molecule has 1 amide bonds. The van der Waals surface area contributed by atoms with E-state index in [0.717, 1.165) is 5.69 Å². The number of aryl methyl sites for hydroxylation is 2. The number of anilines is 1. The highest BCUT2D eigenvalue weighted by molar-refractivity contribution is 5.91. The van der Waals surface area contributed by atoms with Crippen LogP contribution in [0.4, 0.5) is 5.82 Å². The second kappa shape index (κ2) is 5.29. The Labute approximate surface area is 93.6 Å². The topological polar surface area (TPSA) is 73.2 Å². The van der Waals surface area contributed by atoms with E-state index in [1.165, 1.54) is 7.11 Å². The molecule has 1 rings (SSSR count). The van der Waals surface area contributed by atoms with Gasteiger partial charge >= 0.3 is 5.97 Å². The van der Waals surface area contributed by atoms with Gasteiger partial charge in [-0.15, -0.1) is 0 Å². The number of methoxy groups -OCH3 is 1. The highest BCUT2D eigenvalue weighted by Crippen LogP contribution is 2.08. The summed E-state index contributed by atoms with van der Waals surface area (Å²) in [5, 5.41) is 6.75. The van der Waals surface area contributed by atoms with Crippen LogP contribution in [-0.4, -0.2) is 28.8 Å². The first kappa shape index (κ1) is 12.2. The monoisotopic (exact) mass is 225 g/mol. The van der Waals surface area contributed by atoms with Gasteiger partial charge in [-0.05, 0) is 6.92 Å². The van der Waals surface area contributed by atoms with Crippen LogP contribution < -0.4 is 5.32 Å². The third-order valence-corrected chi connectivity index (χ3v) is 2.05. The number of amides is 1. The number of nitrogens with one attached hydrogen (secondary N) is 1. The van der Waals surface area contributed by atoms with E-state index in [9.17, 15) is 9.59 Å². The van der Waals surface area contributed by atoms with Gasteiger partial charge in [-0.1, -0.05) is 0 Å². The third kappa shape index (κ3) is 3.38. The van der Waals surface area contributed by atoms with Gasteiger partial charge in [-0.3, -0.25) is 14.3 Å². The maximum Gasteiger partial charge on any atom is 0.306 e. The summed E-state index contributed by atoms with van der Waals surface area (Å²) in [6.45, 7) is 1.84. The quantitative estimate of drug-likeness (QED) is 0.762. The first-order valence-electron chi connectivity index (χ1n) is 4.90. The number of aromatic nitrogens is 2. The molecule has 0 unspecified atom stereocenters. The van der Waals surface area contributed by atoms with Crippen molar-refractivity contribution >= 4 is 17.7 Å². The van der Waals surface area contributed by atoms with Crippen LogP contribution >= 0.6 is 0 Å². The van der Waals surface area contributed by atoms with Crippen LogP contribution in [0.25, 0.3) is 0 Å². The zero-order chi connectivity index (χ0) is 12.1. The number of hydrogen-bond donors (Lipinski definition) is 1. The Hall–Kier alpha value is -1.85. The van der Waals surface area contributed by atoms with Crippen molar-refractivity contribution in [3.05, 3.63) is 11.8 Å². The van der Waals surface area contributed by atoms with Gasteiger partial charge in [0.1, 0.15) is 5.82 Å². The lowest BCUT2D eigenvalue weighted by Gasteiger charge is -2.04. The summed E-state index contributed by atoms with van der Waals surface area (Å²) in [6, 6.07) is 1.76. The molecule has 6 nitrogen and oxygen atoms in total. The van der Waals surface area contributed by atoms with Crippen molar-refractivity contribution in [2.24, 2.45) is 7.05 Å². The van der Waals surface area contributed by atoms with Crippen LogP contribution in [0.3, 0.4) is 0 Å². The van der Waals surface area contributed by atoms with Crippen molar-refractivity contribution in [1.29, 1.82) is 0 Å². The standard InChI is InChI=1S/C10H15N3O3/c1-7-6-8(13(2)12-7)11-9(14)4-5-10(15)16-3/h6H,4-5H2,1-3H3,(H,11,14). The Balaban J connectivity index is 2.46. The maximum absolute atomic E-state index is 11.4. The summed E-state index contributed by atoms with van der Waals surface area (Å²) in [7, 11) is 3.04. The van der Waals surface area contributed by atoms with E-state index >= 15 is 0 Å². The molecular formula is C10H15N3O3. The fourth-order valence-electron chi connectivity index (χ4n) is 1.25. The number of ether oxygens (including phenoxy) is 1. The zero-order valence-corrected chi connectivity index (χ0v) is 9.61. The third-order valence-electron chi connectivity index (χ3n) is 2.05. The molecule has 1 N–H and O–H groups in total. The van der Waals surface area contributed by atoms with Gasteiger partial charge in [0.15, 0.2) is 0 Å². The molecule has 0 saturated heterocycles. The molecule has 1 aromatic rings. The highest BCUT2D eigenvalue weighted by atomic mass is 16.5. The minimum Gasteiger partial charge on any atom is -0.469 e. The molecule has 0 fully saturated rings. The Morgan fingerprint density at radius 1 is 1.50 bits per heavy atom. The van der Waals surface area contributed by atoms with Gasteiger partial charge in [0.05, 0.1) is 19.2 Å². The van der Waals surface area contributed by atoms with Gasteiger partial charge in [-0.2, -0.15) is 5.10 Å². The summed E-state index contributed by atoms with van der Waals surface area (Å²) < 4.78 is 6.02. The van der Waals surface area contributed by atoms with E-state index in [4.69, 9.17) is 0 Å². The normalized spacial score (nSPS) is 9.94. The van der Waals surface area contributed by atoms with Crippen molar-refractivity contribution in [2.75, 3.05) is 12.4 Å². The molecule has 0 spiro atoms. The number of hydrogen-bond acceptors (Lipinski definition) is 4. The second-order valence-electron chi connectivity index (χ2n) is 3.42. The summed E-state index contributed by atoms with van der Waals surface area (Å²) in [6.07, 6.45) is 0.191. The average molecular weight is 225 g/mol. The Kier molecular flexibility index (Phi) is 4.04. The molecule has 1 heterocycles. The van der Waals surface area contributed by atoms with Gasteiger partial charge in [0, 0.05) is 19.5 Å². The number of rotatable bonds is 4. The molecule has 0 aliphatic rings. The maximum atomic E-state index is 11.4. The van der Waals surface area contributed by atoms with Crippen LogP contribution in [0, 0.1) is 6.92 Å². The van der Waals surface area contributed by atoms with Crippen LogP contribution in [0.5, 0.6) is 0 Å². The molecule has 16 heavy (non-hydrogen) atoms. The molecule has 1 aromatic heterocycles. The molecule has 0 aromatic carbocycles. The highest BCUT2D eigenvalue weighted by Gasteiger charge is 2.09. The lowest BCUT2D eigenvalue weighted by Crippen LogP contribution is -2.15. The summed E-state index contributed by atoms with van der Waals surface area (Å²) in [4.78, 5) is 22.3. The Morgan fingerprint density at radius 3 is 2.69 bits per heavy atom. The predicted octanol–water partition coefficient (Wildman–Crippen LogP) is 0.620. The summed E-state index contributed by atoms with van der Waals surface area (Å²) >= 11 is 0. The minimum absolute atomic E-state index is 0.0825. The van der Waals surface area contributed by atoms with Gasteiger partial charge in [-0.25, -0.2) is 0 Å². The number of carbonyl (C=O) groups excluding carboxylic acids is 2. The molecule has 0 radical (unpaired) electrons. The van der Waals surface area contributed by atoms with Gasteiger partial charge in [0.2, 0.25) is 5.91 Å². The summed E-state index contributed by atoms with van der Waals surface area (Å²) in [5.74, 6) is -0.00268. The van der Waals surface area contributed by atoms with Crippen molar-refractivity contribution in [1.82, 2.24) is 9.78 Å². The summed E-state index contributed by atoms with van der Waals surface area (Å²) in [5.41, 5.74) is 0.825. The molecule has 0 aliphatic carbocycles. The Morgan fingerprint density at radius 2 is 2.19 bits per heavy atom. The second-order valence-corrected chi connectivity index (χ2v) is 3.42. The van der Waals surface area contributed by atoms with E-state index in [-0.39, 0.29) is 18.7 Å². The van der Waals surface area contributed by atoms with E-state index in [1.807, 2.05) is 6.92 Å². The van der Waals surface area contributed by atoms with Crippen molar-refractivity contribution in [2.45, 2.75) is 19.8 Å². The number of nitrogens with zero attached hydrogens (tertiary/aromatic N) is 2. The Bertz CT molecular complexity index is 398. The molecule has 0 saturated carbocycles. The number of carbonyl (C=O) groups is 2. The first-order chi connectivity index (χ1) is 7.52. The zero-order valence-electron chi connectivity index (χ0n) is 9.61. The van der Waals surface area contributed by atoms with Crippen molar-refractivity contribution < 1.29 is 14.3 Å². The van der Waals surface area contributed by atoms with Gasteiger partial charge < -0.3 is 10.1 Å². The van der Waals surface area contributed by atoms with Gasteiger partial charge in [0.25, 0.3) is 0 Å².